The number of nitrogens with two attached hydrogens (primary N) is 1. The number of halogens is 1. The monoisotopic (exact) mass is 335 g/mol. The van der Waals surface area contributed by atoms with Crippen molar-refractivity contribution in [3.8, 4) is 0 Å². The van der Waals surface area contributed by atoms with Crippen molar-refractivity contribution in [2.24, 2.45) is 11.7 Å². The fourth-order valence-corrected chi connectivity index (χ4v) is 3.70. The van der Waals surface area contributed by atoms with Crippen molar-refractivity contribution in [2.45, 2.75) is 44.2 Å². The zero-order chi connectivity index (χ0) is 16.4. The predicted octanol–water partition coefficient (Wildman–Crippen LogP) is 2.08. The second-order valence-electron chi connectivity index (χ2n) is 6.41. The maximum Gasteiger partial charge on any atom is 0.249 e. The van der Waals surface area contributed by atoms with Crippen LogP contribution >= 0.6 is 11.6 Å². The van der Waals surface area contributed by atoms with Crippen LogP contribution in [0.15, 0.2) is 24.3 Å². The molecule has 6 heteroatoms. The van der Waals surface area contributed by atoms with E-state index in [0.29, 0.717) is 30.1 Å². The molecule has 0 spiro atoms. The lowest BCUT2D eigenvalue weighted by Crippen LogP contribution is -2.53. The maximum atomic E-state index is 12.7. The number of amides is 2. The molecule has 0 bridgehead atoms. The van der Waals surface area contributed by atoms with E-state index in [2.05, 4.69) is 5.32 Å². The summed E-state index contributed by atoms with van der Waals surface area (Å²) in [6, 6.07) is 6.93. The molecule has 2 aliphatic rings. The minimum Gasteiger partial charge on any atom is -0.344 e. The molecule has 1 aliphatic heterocycles. The zero-order valence-electron chi connectivity index (χ0n) is 13.0. The molecule has 0 aromatic heterocycles. The summed E-state index contributed by atoms with van der Waals surface area (Å²) in [5.41, 5.74) is 6.58. The molecule has 1 aromatic rings. The highest BCUT2D eigenvalue weighted by molar-refractivity contribution is 6.33. The highest BCUT2D eigenvalue weighted by Crippen LogP contribution is 2.29. The van der Waals surface area contributed by atoms with Crippen LogP contribution in [0.5, 0.6) is 0 Å². The van der Waals surface area contributed by atoms with Gasteiger partial charge in [-0.05, 0) is 44.2 Å². The van der Waals surface area contributed by atoms with E-state index in [0.717, 1.165) is 19.3 Å². The molecule has 5 nitrogen and oxygen atoms in total. The van der Waals surface area contributed by atoms with Crippen LogP contribution in [0, 0.1) is 5.92 Å². The molecular formula is C17H22ClN3O2. The molecule has 1 heterocycles. The lowest BCUT2D eigenvalue weighted by molar-refractivity contribution is -0.130. The van der Waals surface area contributed by atoms with Crippen molar-refractivity contribution in [1.29, 1.82) is 0 Å². The first-order valence-corrected chi connectivity index (χ1v) is 8.56. The summed E-state index contributed by atoms with van der Waals surface area (Å²) in [6.07, 6.45) is 3.90. The summed E-state index contributed by atoms with van der Waals surface area (Å²) in [7, 11) is 0. The molecular weight excluding hydrogens is 314 g/mol. The number of carbonyl (C=O) groups excluding carboxylic acids is 2. The average molecular weight is 336 g/mol. The number of anilines is 1. The van der Waals surface area contributed by atoms with Crippen LogP contribution in [0.2, 0.25) is 5.02 Å². The van der Waals surface area contributed by atoms with E-state index in [4.69, 9.17) is 17.3 Å². The standard InChI is InChI=1S/C17H22ClN3O2/c18-13-4-1-2-6-15(13)21-9-3-5-14(17(21)23)20-16(22)11-7-8-12(19)10-11/h1-2,4,6,11-12,14H,3,5,7-10,19H2,(H,20,22)/t11-,12+,14+/m0/s1. The number of rotatable bonds is 3. The number of para-hydroxylation sites is 1. The molecule has 0 unspecified atom stereocenters. The molecule has 0 radical (unpaired) electrons. The highest BCUT2D eigenvalue weighted by Gasteiger charge is 2.34. The molecule has 3 rings (SSSR count). The van der Waals surface area contributed by atoms with Crippen molar-refractivity contribution in [1.82, 2.24) is 5.32 Å². The number of hydrogen-bond acceptors (Lipinski definition) is 3. The summed E-state index contributed by atoms with van der Waals surface area (Å²) in [5.74, 6) is -0.189. The molecule has 124 valence electrons. The predicted molar refractivity (Wildman–Crippen MR) is 90.3 cm³/mol. The Bertz CT molecular complexity index is 607. The van der Waals surface area contributed by atoms with E-state index >= 15 is 0 Å². The molecule has 3 N–H and O–H groups in total. The van der Waals surface area contributed by atoms with Crippen molar-refractivity contribution < 1.29 is 9.59 Å². The minimum atomic E-state index is -0.468. The van der Waals surface area contributed by atoms with Crippen LogP contribution in [-0.4, -0.2) is 30.4 Å². The Morgan fingerprint density at radius 3 is 2.74 bits per heavy atom. The smallest absolute Gasteiger partial charge is 0.249 e. The Hall–Kier alpha value is -1.59. The van der Waals surface area contributed by atoms with Crippen molar-refractivity contribution in [3.05, 3.63) is 29.3 Å². The Balaban J connectivity index is 1.68. The Kier molecular flexibility index (Phi) is 4.87. The average Bonchev–Trinajstić information content (AvgIpc) is 2.97. The lowest BCUT2D eigenvalue weighted by Gasteiger charge is -2.33. The second kappa shape index (κ2) is 6.89. The van der Waals surface area contributed by atoms with Crippen LogP contribution in [0.3, 0.4) is 0 Å². The molecule has 2 fully saturated rings. The van der Waals surface area contributed by atoms with Gasteiger partial charge in [-0.25, -0.2) is 0 Å². The SMILES string of the molecule is N[C@@H]1CC[C@H](C(=O)N[C@@H]2CCCN(c3ccccc3Cl)C2=O)C1. The van der Waals surface area contributed by atoms with Gasteiger partial charge in [-0.1, -0.05) is 23.7 Å². The molecule has 1 aromatic carbocycles. The number of hydrogen-bond donors (Lipinski definition) is 2. The first-order valence-electron chi connectivity index (χ1n) is 8.18. The molecule has 1 saturated heterocycles. The zero-order valence-corrected chi connectivity index (χ0v) is 13.8. The molecule has 1 aliphatic carbocycles. The van der Waals surface area contributed by atoms with Gasteiger partial charge in [0.15, 0.2) is 0 Å². The summed E-state index contributed by atoms with van der Waals surface area (Å²) in [5, 5.41) is 3.47. The molecule has 23 heavy (non-hydrogen) atoms. The number of benzene rings is 1. The van der Waals surface area contributed by atoms with Gasteiger partial charge in [0, 0.05) is 18.5 Å². The van der Waals surface area contributed by atoms with Crippen LogP contribution in [0.1, 0.15) is 32.1 Å². The molecule has 1 saturated carbocycles. The van der Waals surface area contributed by atoms with Crippen LogP contribution in [0.4, 0.5) is 5.69 Å². The van der Waals surface area contributed by atoms with Gasteiger partial charge in [-0.15, -0.1) is 0 Å². The van der Waals surface area contributed by atoms with Gasteiger partial charge in [-0.3, -0.25) is 9.59 Å². The van der Waals surface area contributed by atoms with Crippen LogP contribution in [0.25, 0.3) is 0 Å². The first-order chi connectivity index (χ1) is 11.1. The highest BCUT2D eigenvalue weighted by atomic mass is 35.5. The third-order valence-corrected chi connectivity index (χ3v) is 5.06. The van der Waals surface area contributed by atoms with Gasteiger partial charge >= 0.3 is 0 Å². The van der Waals surface area contributed by atoms with E-state index in [1.54, 1.807) is 11.0 Å². The van der Waals surface area contributed by atoms with Gasteiger partial charge in [0.1, 0.15) is 6.04 Å². The van der Waals surface area contributed by atoms with Crippen LogP contribution in [-0.2, 0) is 9.59 Å². The van der Waals surface area contributed by atoms with Gasteiger partial charge < -0.3 is 16.0 Å². The summed E-state index contributed by atoms with van der Waals surface area (Å²) in [6.45, 7) is 0.628. The maximum absolute atomic E-state index is 12.7. The first kappa shape index (κ1) is 16.3. The van der Waals surface area contributed by atoms with E-state index in [1.807, 2.05) is 18.2 Å². The van der Waals surface area contributed by atoms with E-state index in [-0.39, 0.29) is 23.8 Å². The fraction of sp³-hybridized carbons (Fsp3) is 0.529. The van der Waals surface area contributed by atoms with Crippen molar-refractivity contribution in [3.63, 3.8) is 0 Å². The van der Waals surface area contributed by atoms with E-state index in [1.165, 1.54) is 0 Å². The third kappa shape index (κ3) is 3.51. The number of piperidine rings is 1. The van der Waals surface area contributed by atoms with Crippen molar-refractivity contribution in [2.75, 3.05) is 11.4 Å². The topological polar surface area (TPSA) is 75.4 Å². The number of nitrogens with one attached hydrogen (secondary N) is 1. The Labute approximate surface area is 141 Å². The van der Waals surface area contributed by atoms with Crippen LogP contribution < -0.4 is 16.0 Å². The van der Waals surface area contributed by atoms with Gasteiger partial charge in [0.05, 0.1) is 10.7 Å². The van der Waals surface area contributed by atoms with Gasteiger partial charge in [0.25, 0.3) is 0 Å². The molecule has 2 amide bonds. The van der Waals surface area contributed by atoms with Gasteiger partial charge in [-0.2, -0.15) is 0 Å². The normalized spacial score (nSPS) is 28.0. The summed E-state index contributed by atoms with van der Waals surface area (Å²) in [4.78, 5) is 26.7. The number of carbonyl (C=O) groups is 2. The quantitative estimate of drug-likeness (QED) is 0.888. The number of nitrogens with zero attached hydrogens (tertiary/aromatic N) is 1. The fourth-order valence-electron chi connectivity index (χ4n) is 3.46. The Morgan fingerprint density at radius 1 is 1.26 bits per heavy atom. The third-order valence-electron chi connectivity index (χ3n) is 4.74. The molecule has 3 atom stereocenters. The van der Waals surface area contributed by atoms with Crippen molar-refractivity contribution >= 4 is 29.1 Å². The second-order valence-corrected chi connectivity index (χ2v) is 6.82. The minimum absolute atomic E-state index is 0.0442. The lowest BCUT2D eigenvalue weighted by atomic mass is 10.0. The van der Waals surface area contributed by atoms with Gasteiger partial charge in [0.2, 0.25) is 11.8 Å². The summed E-state index contributed by atoms with van der Waals surface area (Å²) >= 11 is 6.20. The largest absolute Gasteiger partial charge is 0.344 e. The van der Waals surface area contributed by atoms with E-state index in [9.17, 15) is 9.59 Å². The Morgan fingerprint density at radius 2 is 2.04 bits per heavy atom. The summed E-state index contributed by atoms with van der Waals surface area (Å²) < 4.78 is 0. The van der Waals surface area contributed by atoms with E-state index < -0.39 is 6.04 Å².